The Morgan fingerprint density at radius 3 is 1.59 bits per heavy atom. The predicted octanol–water partition coefficient (Wildman–Crippen LogP) is 5.01. The first-order valence-electron chi connectivity index (χ1n) is 9.90. The van der Waals surface area contributed by atoms with Crippen LogP contribution in [-0.4, -0.2) is 19.9 Å². The third-order valence-electron chi connectivity index (χ3n) is 4.35. The third kappa shape index (κ3) is 6.92. The summed E-state index contributed by atoms with van der Waals surface area (Å²) in [6.45, 7) is 4.12. The van der Waals surface area contributed by atoms with Gasteiger partial charge in [0, 0.05) is 59.4 Å². The molecule has 4 aromatic heterocycles. The van der Waals surface area contributed by atoms with Gasteiger partial charge >= 0.3 is 0 Å². The van der Waals surface area contributed by atoms with E-state index in [9.17, 15) is 0 Å². The number of hydrogen-bond acceptors (Lipinski definition) is 4. The molecule has 4 heterocycles. The Hall–Kier alpha value is -3.40. The molecule has 0 radical (unpaired) electrons. The zero-order valence-electron chi connectivity index (χ0n) is 17.0. The van der Waals surface area contributed by atoms with Crippen molar-refractivity contribution in [2.75, 3.05) is 0 Å². The van der Waals surface area contributed by atoms with Crippen LogP contribution in [0, 0.1) is 6.92 Å². The minimum atomic E-state index is 0.808. The quantitative estimate of drug-likeness (QED) is 0.487. The maximum atomic E-state index is 4.55. The minimum absolute atomic E-state index is 0.808. The van der Waals surface area contributed by atoms with Crippen molar-refractivity contribution >= 4 is 0 Å². The molecule has 0 bridgehead atoms. The summed E-state index contributed by atoms with van der Waals surface area (Å²) in [4.78, 5) is 17.5. The molecule has 0 aromatic carbocycles. The maximum Gasteiger partial charge on any atom is 0.0466 e. The molecule has 0 aliphatic carbocycles. The van der Waals surface area contributed by atoms with E-state index in [0.29, 0.717) is 0 Å². The van der Waals surface area contributed by atoms with Gasteiger partial charge in [-0.1, -0.05) is 31.2 Å². The number of hydrogen-bond donors (Lipinski definition) is 0. The summed E-state index contributed by atoms with van der Waals surface area (Å²) >= 11 is 0. The third-order valence-corrected chi connectivity index (χ3v) is 4.35. The van der Waals surface area contributed by atoms with Crippen molar-refractivity contribution < 1.29 is 0 Å². The van der Waals surface area contributed by atoms with Crippen molar-refractivity contribution in [3.8, 4) is 0 Å². The lowest BCUT2D eigenvalue weighted by Crippen LogP contribution is -1.96. The lowest BCUT2D eigenvalue weighted by molar-refractivity contribution is 0.951. The van der Waals surface area contributed by atoms with Gasteiger partial charge in [0.2, 0.25) is 0 Å². The van der Waals surface area contributed by atoms with Crippen molar-refractivity contribution in [2.24, 2.45) is 0 Å². The fraction of sp³-hybridized carbons (Fsp3) is 0.200. The first kappa shape index (κ1) is 20.3. The lowest BCUT2D eigenvalue weighted by atomic mass is 10.2. The van der Waals surface area contributed by atoms with Gasteiger partial charge in [0.1, 0.15) is 0 Å². The monoisotopic (exact) mass is 382 g/mol. The van der Waals surface area contributed by atoms with Crippen LogP contribution in [-0.2, 0) is 19.3 Å². The summed E-state index contributed by atoms with van der Waals surface area (Å²) in [7, 11) is 0. The topological polar surface area (TPSA) is 51.6 Å². The summed E-state index contributed by atoms with van der Waals surface area (Å²) in [5.41, 5.74) is 6.49. The molecule has 0 saturated heterocycles. The Morgan fingerprint density at radius 1 is 0.552 bits per heavy atom. The molecule has 0 unspecified atom stereocenters. The van der Waals surface area contributed by atoms with Crippen LogP contribution in [0.3, 0.4) is 0 Å². The van der Waals surface area contributed by atoms with Gasteiger partial charge in [-0.25, -0.2) is 0 Å². The number of rotatable bonds is 5. The SMILES string of the molecule is CCc1cccc(Cc2ccccn2)n1.Cc1cccc(Cc2ccccn2)n1. The zero-order valence-corrected chi connectivity index (χ0v) is 17.0. The van der Waals surface area contributed by atoms with E-state index in [1.807, 2.05) is 80.0 Å². The molecular weight excluding hydrogens is 356 g/mol. The largest absolute Gasteiger partial charge is 0.261 e. The van der Waals surface area contributed by atoms with E-state index in [1.54, 1.807) is 0 Å². The van der Waals surface area contributed by atoms with Gasteiger partial charge in [0.25, 0.3) is 0 Å². The van der Waals surface area contributed by atoms with E-state index in [4.69, 9.17) is 0 Å². The molecule has 4 rings (SSSR count). The van der Waals surface area contributed by atoms with Crippen molar-refractivity contribution in [2.45, 2.75) is 33.1 Å². The van der Waals surface area contributed by atoms with Gasteiger partial charge in [-0.2, -0.15) is 0 Å². The standard InChI is InChI=1S/C13H14N2.C12H12N2/c1-2-11-7-5-8-13(15-11)10-12-6-3-4-9-14-12;1-10-5-4-7-12(14-10)9-11-6-2-3-8-13-11/h3-9H,2,10H2,1H3;2-8H,9H2,1H3. The molecule has 0 spiro atoms. The van der Waals surface area contributed by atoms with Crippen LogP contribution in [0.1, 0.15) is 41.1 Å². The highest BCUT2D eigenvalue weighted by Crippen LogP contribution is 2.06. The lowest BCUT2D eigenvalue weighted by Gasteiger charge is -2.02. The highest BCUT2D eigenvalue weighted by atomic mass is 14.7. The molecular formula is C25H26N4. The Balaban J connectivity index is 0.000000166. The van der Waals surface area contributed by atoms with Gasteiger partial charge in [0.05, 0.1) is 0 Å². The zero-order chi connectivity index (χ0) is 20.3. The fourth-order valence-corrected chi connectivity index (χ4v) is 2.90. The van der Waals surface area contributed by atoms with Gasteiger partial charge < -0.3 is 0 Å². The number of aromatic nitrogens is 4. The van der Waals surface area contributed by atoms with Gasteiger partial charge in [0.15, 0.2) is 0 Å². The van der Waals surface area contributed by atoms with E-state index >= 15 is 0 Å². The van der Waals surface area contributed by atoms with Gasteiger partial charge in [-0.05, 0) is 61.9 Å². The van der Waals surface area contributed by atoms with Gasteiger partial charge in [-0.15, -0.1) is 0 Å². The molecule has 0 N–H and O–H groups in total. The Morgan fingerprint density at radius 2 is 1.07 bits per heavy atom. The van der Waals surface area contributed by atoms with Gasteiger partial charge in [-0.3, -0.25) is 19.9 Å². The van der Waals surface area contributed by atoms with E-state index in [-0.39, 0.29) is 0 Å². The maximum absolute atomic E-state index is 4.55. The molecule has 0 atom stereocenters. The number of pyridine rings is 4. The summed E-state index contributed by atoms with van der Waals surface area (Å²) in [6, 6.07) is 24.1. The summed E-state index contributed by atoms with van der Waals surface area (Å²) in [6.07, 6.45) is 6.23. The first-order valence-corrected chi connectivity index (χ1v) is 9.90. The van der Waals surface area contributed by atoms with E-state index < -0.39 is 0 Å². The number of nitrogens with zero attached hydrogens (tertiary/aromatic N) is 4. The molecule has 0 amide bonds. The average Bonchev–Trinajstić information content (AvgIpc) is 2.76. The van der Waals surface area contributed by atoms with Crippen LogP contribution >= 0.6 is 0 Å². The normalized spacial score (nSPS) is 10.1. The molecule has 146 valence electrons. The average molecular weight is 383 g/mol. The molecule has 4 aromatic rings. The van der Waals surface area contributed by atoms with Crippen LogP contribution in [0.4, 0.5) is 0 Å². The van der Waals surface area contributed by atoms with Crippen LogP contribution in [0.5, 0.6) is 0 Å². The van der Waals surface area contributed by atoms with Crippen LogP contribution in [0.15, 0.2) is 85.2 Å². The molecule has 0 saturated carbocycles. The first-order chi connectivity index (χ1) is 14.2. The molecule has 0 fully saturated rings. The van der Waals surface area contributed by atoms with E-state index in [2.05, 4.69) is 39.0 Å². The van der Waals surface area contributed by atoms with E-state index in [0.717, 1.165) is 53.4 Å². The fourth-order valence-electron chi connectivity index (χ4n) is 2.90. The van der Waals surface area contributed by atoms with E-state index in [1.165, 1.54) is 0 Å². The Labute approximate surface area is 172 Å². The van der Waals surface area contributed by atoms with Crippen LogP contribution < -0.4 is 0 Å². The molecule has 4 heteroatoms. The Bertz CT molecular complexity index is 1000. The van der Waals surface area contributed by atoms with Crippen molar-refractivity contribution in [3.63, 3.8) is 0 Å². The second kappa shape index (κ2) is 10.8. The van der Waals surface area contributed by atoms with Crippen LogP contribution in [0.25, 0.3) is 0 Å². The molecule has 0 aliphatic heterocycles. The minimum Gasteiger partial charge on any atom is -0.261 e. The Kier molecular flexibility index (Phi) is 7.58. The van der Waals surface area contributed by atoms with Crippen molar-refractivity contribution in [1.29, 1.82) is 0 Å². The molecule has 29 heavy (non-hydrogen) atoms. The second-order valence-electron chi connectivity index (χ2n) is 6.74. The van der Waals surface area contributed by atoms with Crippen molar-refractivity contribution in [3.05, 3.63) is 119 Å². The number of aryl methyl sites for hydroxylation is 2. The van der Waals surface area contributed by atoms with Crippen LogP contribution in [0.2, 0.25) is 0 Å². The summed E-state index contributed by atoms with van der Waals surface area (Å²) in [5, 5.41) is 0. The smallest absolute Gasteiger partial charge is 0.0466 e. The highest BCUT2D eigenvalue weighted by molar-refractivity contribution is 5.18. The van der Waals surface area contributed by atoms with Crippen molar-refractivity contribution in [1.82, 2.24) is 19.9 Å². The summed E-state index contributed by atoms with van der Waals surface area (Å²) in [5.74, 6) is 0. The predicted molar refractivity (Wildman–Crippen MR) is 117 cm³/mol. The highest BCUT2D eigenvalue weighted by Gasteiger charge is 1.99. The summed E-state index contributed by atoms with van der Waals surface area (Å²) < 4.78 is 0. The second-order valence-corrected chi connectivity index (χ2v) is 6.74. The molecule has 4 nitrogen and oxygen atoms in total. The molecule has 0 aliphatic rings.